The monoisotopic (exact) mass is 579 g/mol. The number of nitrogens with zero attached hydrogens (tertiary/aromatic N) is 3. The van der Waals surface area contributed by atoms with Crippen LogP contribution in [0.2, 0.25) is 0 Å². The molecule has 0 unspecified atom stereocenters. The number of aliphatic imine (C=N–C) groups is 2. The molecule has 2 aromatic carbocycles. The fraction of sp³-hybridized carbons (Fsp3) is 0.387. The van der Waals surface area contributed by atoms with Gasteiger partial charge in [0.15, 0.2) is 0 Å². The average molecular weight is 580 g/mol. The molecule has 1 heterocycles. The van der Waals surface area contributed by atoms with E-state index < -0.39 is 0 Å². The third-order valence-corrected chi connectivity index (χ3v) is 6.40. The number of rotatable bonds is 8. The Kier molecular flexibility index (Phi) is 15.2. The van der Waals surface area contributed by atoms with E-state index in [0.29, 0.717) is 0 Å². The SMILES string of the molecule is CCc1cc(C)cc(CC)c1N=C(C)c1cccc(C(C)=Nc2c(CC)cc(C)cc2CC)n1.[Cl-].[Cl-].[Fe+2]. The molecule has 0 aliphatic heterocycles. The molecule has 3 aromatic rings. The minimum absolute atomic E-state index is 0. The molecule has 6 heteroatoms. The summed E-state index contributed by atoms with van der Waals surface area (Å²) in [5.74, 6) is 0. The zero-order valence-corrected chi connectivity index (χ0v) is 25.9. The molecule has 0 bridgehead atoms. The predicted molar refractivity (Wildman–Crippen MR) is 148 cm³/mol. The molecule has 0 aliphatic rings. The minimum atomic E-state index is 0. The normalized spacial score (nSPS) is 11.4. The Bertz CT molecular complexity index is 1110. The summed E-state index contributed by atoms with van der Waals surface area (Å²) in [4.78, 5) is 15.1. The van der Waals surface area contributed by atoms with E-state index in [-0.39, 0.29) is 41.9 Å². The second-order valence-corrected chi connectivity index (χ2v) is 9.08. The third kappa shape index (κ3) is 8.52. The molecule has 0 atom stereocenters. The first kappa shape index (κ1) is 35.0. The summed E-state index contributed by atoms with van der Waals surface area (Å²) in [6.07, 6.45) is 3.87. The van der Waals surface area contributed by atoms with Crippen molar-refractivity contribution >= 4 is 22.8 Å². The van der Waals surface area contributed by atoms with Gasteiger partial charge in [0, 0.05) is 0 Å². The van der Waals surface area contributed by atoms with E-state index in [1.165, 1.54) is 33.4 Å². The van der Waals surface area contributed by atoms with Gasteiger partial charge in [-0.15, -0.1) is 0 Å². The van der Waals surface area contributed by atoms with Crippen LogP contribution in [0.4, 0.5) is 11.4 Å². The Balaban J connectivity index is 0.00000432. The Labute approximate surface area is 247 Å². The Morgan fingerprint density at radius 3 is 1.19 bits per heavy atom. The van der Waals surface area contributed by atoms with Crippen molar-refractivity contribution in [3.8, 4) is 0 Å². The van der Waals surface area contributed by atoms with Gasteiger partial charge in [0.05, 0.1) is 34.2 Å². The van der Waals surface area contributed by atoms with E-state index >= 15 is 0 Å². The number of hydrogen-bond donors (Lipinski definition) is 0. The minimum Gasteiger partial charge on any atom is -1.00 e. The zero-order chi connectivity index (χ0) is 24.8. The summed E-state index contributed by atoms with van der Waals surface area (Å²) in [7, 11) is 0. The molecule has 0 spiro atoms. The topological polar surface area (TPSA) is 37.6 Å². The van der Waals surface area contributed by atoms with Crippen LogP contribution < -0.4 is 24.8 Å². The van der Waals surface area contributed by atoms with Crippen LogP contribution in [-0.2, 0) is 42.8 Å². The third-order valence-electron chi connectivity index (χ3n) is 6.40. The summed E-state index contributed by atoms with van der Waals surface area (Å²) in [6.45, 7) is 17.2. The maximum Gasteiger partial charge on any atom is 2.00 e. The molecular weight excluding hydrogens is 541 g/mol. The molecule has 0 amide bonds. The molecule has 37 heavy (non-hydrogen) atoms. The molecule has 0 saturated carbocycles. The molecule has 0 saturated heterocycles. The number of aryl methyl sites for hydroxylation is 6. The van der Waals surface area contributed by atoms with Crippen LogP contribution in [0.15, 0.2) is 52.4 Å². The second kappa shape index (κ2) is 16.1. The van der Waals surface area contributed by atoms with Crippen molar-refractivity contribution in [2.75, 3.05) is 0 Å². The van der Waals surface area contributed by atoms with Crippen LogP contribution in [0, 0.1) is 13.8 Å². The van der Waals surface area contributed by atoms with Gasteiger partial charge < -0.3 is 24.8 Å². The summed E-state index contributed by atoms with van der Waals surface area (Å²) >= 11 is 0. The van der Waals surface area contributed by atoms with Gasteiger partial charge in [0.2, 0.25) is 0 Å². The van der Waals surface area contributed by atoms with E-state index in [9.17, 15) is 0 Å². The van der Waals surface area contributed by atoms with E-state index in [0.717, 1.165) is 59.9 Å². The molecule has 200 valence electrons. The predicted octanol–water partition coefficient (Wildman–Crippen LogP) is 2.23. The zero-order valence-electron chi connectivity index (χ0n) is 23.3. The molecule has 0 fully saturated rings. The van der Waals surface area contributed by atoms with E-state index in [1.807, 2.05) is 12.1 Å². The van der Waals surface area contributed by atoms with Crippen LogP contribution in [0.25, 0.3) is 0 Å². The van der Waals surface area contributed by atoms with Crippen molar-refractivity contribution < 1.29 is 41.9 Å². The maximum atomic E-state index is 5.08. The van der Waals surface area contributed by atoms with Gasteiger partial charge in [-0.25, -0.2) is 4.98 Å². The Morgan fingerprint density at radius 2 is 0.919 bits per heavy atom. The van der Waals surface area contributed by atoms with Crippen LogP contribution in [0.1, 0.15) is 86.3 Å². The number of aromatic nitrogens is 1. The van der Waals surface area contributed by atoms with Gasteiger partial charge in [0.1, 0.15) is 0 Å². The molecule has 0 N–H and O–H groups in total. The van der Waals surface area contributed by atoms with Gasteiger partial charge in [-0.1, -0.05) is 69.2 Å². The van der Waals surface area contributed by atoms with Crippen molar-refractivity contribution in [1.29, 1.82) is 0 Å². The first-order valence-electron chi connectivity index (χ1n) is 12.6. The van der Waals surface area contributed by atoms with Crippen molar-refractivity contribution in [1.82, 2.24) is 4.98 Å². The van der Waals surface area contributed by atoms with Crippen molar-refractivity contribution in [3.63, 3.8) is 0 Å². The fourth-order valence-corrected chi connectivity index (χ4v) is 4.52. The Morgan fingerprint density at radius 1 is 0.622 bits per heavy atom. The largest absolute Gasteiger partial charge is 2.00 e. The van der Waals surface area contributed by atoms with Crippen LogP contribution >= 0.6 is 0 Å². The standard InChI is InChI=1S/C31H39N3.2ClH.Fe/c1-9-24-16-20(5)17-25(10-2)30(24)32-22(7)28-14-13-15-29(34-28)23(8)33-31-26(11-3)18-21(6)19-27(31)12-4;;;/h13-19H,9-12H2,1-8H3;2*1H;/q;;;+2/p-2. The number of hydrogen-bond acceptors (Lipinski definition) is 3. The van der Waals surface area contributed by atoms with Gasteiger partial charge in [-0.2, -0.15) is 0 Å². The quantitative estimate of drug-likeness (QED) is 0.298. The summed E-state index contributed by atoms with van der Waals surface area (Å²) in [5, 5.41) is 0. The summed E-state index contributed by atoms with van der Waals surface area (Å²) < 4.78 is 0. The first-order chi connectivity index (χ1) is 16.3. The molecular formula is C31H39Cl2FeN3. The molecule has 1 aromatic heterocycles. The van der Waals surface area contributed by atoms with E-state index in [2.05, 4.69) is 85.7 Å². The van der Waals surface area contributed by atoms with Crippen molar-refractivity contribution in [2.24, 2.45) is 9.98 Å². The van der Waals surface area contributed by atoms with Gasteiger partial charge in [0.25, 0.3) is 0 Å². The average Bonchev–Trinajstić information content (AvgIpc) is 2.85. The molecule has 3 rings (SSSR count). The van der Waals surface area contributed by atoms with Crippen molar-refractivity contribution in [3.05, 3.63) is 87.2 Å². The summed E-state index contributed by atoms with van der Waals surface area (Å²) in [5.41, 5.74) is 13.6. The van der Waals surface area contributed by atoms with Crippen LogP contribution in [-0.4, -0.2) is 16.4 Å². The first-order valence-corrected chi connectivity index (χ1v) is 12.6. The second-order valence-electron chi connectivity index (χ2n) is 9.08. The summed E-state index contributed by atoms with van der Waals surface area (Å²) in [6, 6.07) is 15.2. The van der Waals surface area contributed by atoms with Gasteiger partial charge >= 0.3 is 17.1 Å². The smallest absolute Gasteiger partial charge is 1.00 e. The van der Waals surface area contributed by atoms with Gasteiger partial charge in [-0.05, 0) is 87.8 Å². The fourth-order valence-electron chi connectivity index (χ4n) is 4.52. The molecule has 3 nitrogen and oxygen atoms in total. The van der Waals surface area contributed by atoms with Crippen molar-refractivity contribution in [2.45, 2.75) is 81.1 Å². The van der Waals surface area contributed by atoms with Crippen LogP contribution in [0.5, 0.6) is 0 Å². The number of pyridine rings is 1. The number of benzene rings is 2. The van der Waals surface area contributed by atoms with E-state index in [4.69, 9.17) is 15.0 Å². The Hall–Kier alpha value is -1.97. The van der Waals surface area contributed by atoms with E-state index in [1.54, 1.807) is 0 Å². The molecule has 0 radical (unpaired) electrons. The van der Waals surface area contributed by atoms with Crippen LogP contribution in [0.3, 0.4) is 0 Å². The van der Waals surface area contributed by atoms with Gasteiger partial charge in [-0.3, -0.25) is 9.98 Å². The molecule has 0 aliphatic carbocycles. The maximum absolute atomic E-state index is 5.08. The number of halogens is 2.